The molecule has 3 fully saturated rings. The predicted molar refractivity (Wildman–Crippen MR) is 93.6 cm³/mol. The van der Waals surface area contributed by atoms with E-state index in [1.807, 2.05) is 0 Å². The van der Waals surface area contributed by atoms with Crippen LogP contribution >= 0.6 is 12.4 Å². The number of fused-ring (bicyclic) bond motifs is 5. The number of allylic oxidation sites excluding steroid dienone is 2. The Labute approximate surface area is 152 Å². The molecule has 4 rings (SSSR count). The summed E-state index contributed by atoms with van der Waals surface area (Å²) in [6.07, 6.45) is 6.60. The molecule has 0 aromatic heterocycles. The van der Waals surface area contributed by atoms with Gasteiger partial charge in [-0.25, -0.2) is 0 Å². The quantitative estimate of drug-likeness (QED) is 0.481. The number of nitrogens with two attached hydrogens (primary N) is 1. The minimum atomic E-state index is -0.790. The first-order valence-electron chi connectivity index (χ1n) is 8.83. The molecular formula is C17H25ClN4O3. The Morgan fingerprint density at radius 3 is 2.76 bits per heavy atom. The fraction of sp³-hybridized carbons (Fsp3) is 0.706. The van der Waals surface area contributed by atoms with Crippen LogP contribution < -0.4 is 21.7 Å². The van der Waals surface area contributed by atoms with Gasteiger partial charge in [0.15, 0.2) is 0 Å². The first-order chi connectivity index (χ1) is 11.5. The van der Waals surface area contributed by atoms with E-state index in [0.717, 1.165) is 13.0 Å². The Bertz CT molecular complexity index is 611. The second-order valence-corrected chi connectivity index (χ2v) is 7.55. The molecule has 0 unspecified atom stereocenters. The van der Waals surface area contributed by atoms with Crippen molar-refractivity contribution in [2.45, 2.75) is 31.3 Å². The van der Waals surface area contributed by atoms with Crippen molar-refractivity contribution in [3.63, 3.8) is 0 Å². The molecule has 2 saturated heterocycles. The minimum absolute atomic E-state index is 0. The van der Waals surface area contributed by atoms with Gasteiger partial charge in [-0.3, -0.25) is 14.4 Å². The Balaban J connectivity index is 0.00000182. The van der Waals surface area contributed by atoms with E-state index in [4.69, 9.17) is 5.73 Å². The van der Waals surface area contributed by atoms with Crippen LogP contribution in [0, 0.1) is 29.6 Å². The van der Waals surface area contributed by atoms with Crippen LogP contribution in [0.4, 0.5) is 0 Å². The number of halogens is 1. The fourth-order valence-electron chi connectivity index (χ4n) is 5.07. The van der Waals surface area contributed by atoms with Crippen LogP contribution in [-0.2, 0) is 14.4 Å². The van der Waals surface area contributed by atoms with Crippen molar-refractivity contribution in [1.29, 1.82) is 0 Å². The van der Waals surface area contributed by atoms with Gasteiger partial charge in [-0.15, -0.1) is 12.4 Å². The van der Waals surface area contributed by atoms with Crippen molar-refractivity contribution in [1.82, 2.24) is 16.0 Å². The SMILES string of the molecule is Cl.NC(=O)[C@H](C[C@@H]1CCNC1=O)NC(=O)[C@H]1NC[C@H]2[C@@H]1[C@H]1C=C[C@@H]2C1. The van der Waals surface area contributed by atoms with Gasteiger partial charge in [0.25, 0.3) is 0 Å². The van der Waals surface area contributed by atoms with Crippen LogP contribution in [0.3, 0.4) is 0 Å². The molecule has 3 amide bonds. The average molecular weight is 369 g/mol. The van der Waals surface area contributed by atoms with Gasteiger partial charge in [-0.05, 0) is 49.5 Å². The maximum Gasteiger partial charge on any atom is 0.240 e. The van der Waals surface area contributed by atoms with E-state index in [9.17, 15) is 14.4 Å². The van der Waals surface area contributed by atoms with E-state index < -0.39 is 11.9 Å². The van der Waals surface area contributed by atoms with E-state index in [1.165, 1.54) is 0 Å². The lowest BCUT2D eigenvalue weighted by Crippen LogP contribution is -2.53. The monoisotopic (exact) mass is 368 g/mol. The molecule has 0 radical (unpaired) electrons. The molecule has 1 saturated carbocycles. The van der Waals surface area contributed by atoms with E-state index in [1.54, 1.807) is 0 Å². The largest absolute Gasteiger partial charge is 0.368 e. The number of carbonyl (C=O) groups is 3. The van der Waals surface area contributed by atoms with Crippen LogP contribution in [-0.4, -0.2) is 42.9 Å². The predicted octanol–water partition coefficient (Wildman–Crippen LogP) is -0.685. The second kappa shape index (κ2) is 6.96. The van der Waals surface area contributed by atoms with E-state index in [0.29, 0.717) is 36.6 Å². The minimum Gasteiger partial charge on any atom is -0.368 e. The molecule has 138 valence electrons. The molecule has 2 aliphatic carbocycles. The summed E-state index contributed by atoms with van der Waals surface area (Å²) in [7, 11) is 0. The highest BCUT2D eigenvalue weighted by Gasteiger charge is 2.53. The summed E-state index contributed by atoms with van der Waals surface area (Å²) in [4.78, 5) is 36.2. The first-order valence-corrected chi connectivity index (χ1v) is 8.83. The Morgan fingerprint density at radius 1 is 1.32 bits per heavy atom. The number of hydrogen-bond donors (Lipinski definition) is 4. The smallest absolute Gasteiger partial charge is 0.240 e. The number of hydrogen-bond acceptors (Lipinski definition) is 4. The molecule has 0 aromatic carbocycles. The standard InChI is InChI=1S/C17H24N4O3.ClH/c18-15(22)12(6-10-3-4-19-16(10)23)21-17(24)14-13-9-2-1-8(5-9)11(13)7-20-14;/h1-2,8-14,20H,3-7H2,(H2,18,22)(H,19,23)(H,21,24);1H/t8-,9+,10+,11-,12+,13+,14+;/m1./s1. The highest BCUT2D eigenvalue weighted by Crippen LogP contribution is 2.51. The lowest BCUT2D eigenvalue weighted by atomic mass is 9.81. The van der Waals surface area contributed by atoms with Crippen LogP contribution in [0.1, 0.15) is 19.3 Å². The summed E-state index contributed by atoms with van der Waals surface area (Å²) in [5.74, 6) is 0.811. The van der Waals surface area contributed by atoms with Crippen LogP contribution in [0.15, 0.2) is 12.2 Å². The van der Waals surface area contributed by atoms with Crippen molar-refractivity contribution < 1.29 is 14.4 Å². The number of primary amides is 1. The molecule has 5 N–H and O–H groups in total. The summed E-state index contributed by atoms with van der Waals surface area (Å²) >= 11 is 0. The van der Waals surface area contributed by atoms with Crippen LogP contribution in [0.25, 0.3) is 0 Å². The highest BCUT2D eigenvalue weighted by molar-refractivity contribution is 5.90. The maximum absolute atomic E-state index is 12.7. The zero-order chi connectivity index (χ0) is 16.8. The van der Waals surface area contributed by atoms with Crippen LogP contribution in [0.5, 0.6) is 0 Å². The Hall–Kier alpha value is -1.60. The molecule has 0 aromatic rings. The van der Waals surface area contributed by atoms with Gasteiger partial charge in [0, 0.05) is 12.5 Å². The lowest BCUT2D eigenvalue weighted by Gasteiger charge is -2.26. The molecule has 2 heterocycles. The molecular weight excluding hydrogens is 344 g/mol. The third-order valence-electron chi connectivity index (χ3n) is 6.27. The summed E-state index contributed by atoms with van der Waals surface area (Å²) in [6, 6.07) is -1.06. The molecule has 8 heteroatoms. The molecule has 25 heavy (non-hydrogen) atoms. The van der Waals surface area contributed by atoms with Gasteiger partial charge in [0.05, 0.1) is 6.04 Å². The van der Waals surface area contributed by atoms with Gasteiger partial charge < -0.3 is 21.7 Å². The van der Waals surface area contributed by atoms with Crippen LogP contribution in [0.2, 0.25) is 0 Å². The number of carbonyl (C=O) groups excluding carboxylic acids is 3. The summed E-state index contributed by atoms with van der Waals surface area (Å²) < 4.78 is 0. The van der Waals surface area contributed by atoms with Crippen molar-refractivity contribution >= 4 is 30.1 Å². The number of nitrogens with one attached hydrogen (secondary N) is 3. The zero-order valence-electron chi connectivity index (χ0n) is 13.9. The fourth-order valence-corrected chi connectivity index (χ4v) is 5.07. The summed E-state index contributed by atoms with van der Waals surface area (Å²) in [5.41, 5.74) is 5.46. The van der Waals surface area contributed by atoms with E-state index >= 15 is 0 Å². The van der Waals surface area contributed by atoms with Crippen molar-refractivity contribution in [3.05, 3.63) is 12.2 Å². The van der Waals surface area contributed by atoms with Gasteiger partial charge >= 0.3 is 0 Å². The topological polar surface area (TPSA) is 113 Å². The Morgan fingerprint density at radius 2 is 2.08 bits per heavy atom. The molecule has 2 aliphatic heterocycles. The van der Waals surface area contributed by atoms with Gasteiger partial charge in [-0.1, -0.05) is 12.2 Å². The van der Waals surface area contributed by atoms with Crippen molar-refractivity contribution in [2.24, 2.45) is 35.3 Å². The highest BCUT2D eigenvalue weighted by atomic mass is 35.5. The third-order valence-corrected chi connectivity index (χ3v) is 6.27. The normalized spacial score (nSPS) is 38.8. The van der Waals surface area contributed by atoms with E-state index in [2.05, 4.69) is 28.1 Å². The third kappa shape index (κ3) is 3.15. The Kier molecular flexibility index (Phi) is 5.06. The van der Waals surface area contributed by atoms with Gasteiger partial charge in [0.2, 0.25) is 17.7 Å². The number of rotatable bonds is 5. The first kappa shape index (κ1) is 18.2. The van der Waals surface area contributed by atoms with Crippen molar-refractivity contribution in [3.8, 4) is 0 Å². The van der Waals surface area contributed by atoms with Gasteiger partial charge in [-0.2, -0.15) is 0 Å². The molecule has 7 nitrogen and oxygen atoms in total. The molecule has 7 atom stereocenters. The number of amides is 3. The van der Waals surface area contributed by atoms with Crippen molar-refractivity contribution in [2.75, 3.05) is 13.1 Å². The average Bonchev–Trinajstić information content (AvgIpc) is 3.28. The second-order valence-electron chi connectivity index (χ2n) is 7.55. The maximum atomic E-state index is 12.7. The zero-order valence-corrected chi connectivity index (χ0v) is 14.8. The molecule has 2 bridgehead atoms. The lowest BCUT2D eigenvalue weighted by molar-refractivity contribution is -0.130. The molecule has 0 spiro atoms. The van der Waals surface area contributed by atoms with Gasteiger partial charge in [0.1, 0.15) is 6.04 Å². The summed E-state index contributed by atoms with van der Waals surface area (Å²) in [5, 5.41) is 8.87. The molecule has 4 aliphatic rings. The van der Waals surface area contributed by atoms with E-state index in [-0.39, 0.29) is 42.6 Å². The summed E-state index contributed by atoms with van der Waals surface area (Å²) in [6.45, 7) is 1.47.